The number of thiophene rings is 2. The van der Waals surface area contributed by atoms with Gasteiger partial charge in [0.05, 0.1) is 20.9 Å². The maximum absolute atomic E-state index is 13.9. The summed E-state index contributed by atoms with van der Waals surface area (Å²) in [5, 5.41) is 7.89. The number of hydrogen-bond acceptors (Lipinski definition) is 4. The van der Waals surface area contributed by atoms with E-state index in [0.29, 0.717) is 12.1 Å². The molecule has 12 heteroatoms. The number of anilines is 2. The first kappa shape index (κ1) is 25.5. The summed E-state index contributed by atoms with van der Waals surface area (Å²) >= 11 is 2.16. The van der Waals surface area contributed by atoms with Crippen LogP contribution in [0.5, 0.6) is 0 Å². The van der Waals surface area contributed by atoms with Crippen LogP contribution in [-0.2, 0) is 12.4 Å². The molecule has 2 amide bonds. The molecule has 0 spiro atoms. The van der Waals surface area contributed by atoms with Gasteiger partial charge in [-0.2, -0.15) is 26.3 Å². The minimum Gasteiger partial charge on any atom is -0.321 e. The minimum atomic E-state index is -5.02. The Bertz CT molecular complexity index is 1290. The van der Waals surface area contributed by atoms with E-state index < -0.39 is 46.4 Å². The molecule has 0 aliphatic carbocycles. The third-order valence-electron chi connectivity index (χ3n) is 4.95. The predicted molar refractivity (Wildman–Crippen MR) is 126 cm³/mol. The molecule has 2 N–H and O–H groups in total. The number of rotatable bonds is 5. The number of carbonyl (C=O) groups is 2. The monoisotopic (exact) mass is 540 g/mol. The zero-order chi connectivity index (χ0) is 26.1. The molecule has 0 saturated heterocycles. The lowest BCUT2D eigenvalue weighted by molar-refractivity contribution is -0.139. The molecule has 0 unspecified atom stereocenters. The van der Waals surface area contributed by atoms with Gasteiger partial charge in [0, 0.05) is 11.4 Å². The lowest BCUT2D eigenvalue weighted by atomic mass is 9.93. The van der Waals surface area contributed by atoms with Crippen LogP contribution in [0.4, 0.5) is 37.7 Å². The van der Waals surface area contributed by atoms with Crippen molar-refractivity contribution in [3.05, 3.63) is 92.3 Å². The molecule has 36 heavy (non-hydrogen) atoms. The fraction of sp³-hybridized carbons (Fsp3) is 0.0833. The third kappa shape index (κ3) is 5.60. The SMILES string of the molecule is O=C(Nc1ccc(-c2ccc(NC(=O)c3cccs3)cc2C(F)(F)F)c(C(F)(F)F)c1)c1cccs1. The van der Waals surface area contributed by atoms with Gasteiger partial charge in [-0.1, -0.05) is 24.3 Å². The summed E-state index contributed by atoms with van der Waals surface area (Å²) in [5.41, 5.74) is -4.60. The molecule has 0 bridgehead atoms. The number of alkyl halides is 6. The average molecular weight is 541 g/mol. The van der Waals surface area contributed by atoms with E-state index in [1.807, 2.05) is 0 Å². The maximum Gasteiger partial charge on any atom is 0.417 e. The van der Waals surface area contributed by atoms with Gasteiger partial charge >= 0.3 is 12.4 Å². The molecule has 0 radical (unpaired) electrons. The fourth-order valence-corrected chi connectivity index (χ4v) is 4.62. The van der Waals surface area contributed by atoms with Crippen molar-refractivity contribution in [3.8, 4) is 11.1 Å². The Morgan fingerprint density at radius 3 is 1.31 bits per heavy atom. The summed E-state index contributed by atoms with van der Waals surface area (Å²) < 4.78 is 83.5. The molecule has 2 heterocycles. The summed E-state index contributed by atoms with van der Waals surface area (Å²) in [5.74, 6) is -1.29. The molecule has 0 saturated carbocycles. The van der Waals surface area contributed by atoms with E-state index in [9.17, 15) is 35.9 Å². The van der Waals surface area contributed by atoms with Gasteiger partial charge in [-0.3, -0.25) is 9.59 Å². The minimum absolute atomic E-state index is 0.224. The first-order valence-electron chi connectivity index (χ1n) is 10.1. The van der Waals surface area contributed by atoms with Gasteiger partial charge in [0.25, 0.3) is 11.8 Å². The standard InChI is InChI=1S/C24H14F6N2O2S2/c25-23(26,27)17-11-13(31-21(33)19-3-1-9-35-19)5-7-15(17)16-8-6-14(12-18(16)24(28,29)30)32-22(34)20-4-2-10-36-20/h1-12H,(H,31,33)(H,32,34). The Balaban J connectivity index is 1.74. The summed E-state index contributed by atoms with van der Waals surface area (Å²) in [7, 11) is 0. The number of hydrogen-bond donors (Lipinski definition) is 2. The van der Waals surface area contributed by atoms with Gasteiger partial charge in [-0.15, -0.1) is 22.7 Å². The summed E-state index contributed by atoms with van der Waals surface area (Å²) in [6.45, 7) is 0. The number of halogens is 6. The van der Waals surface area contributed by atoms with Crippen LogP contribution in [0.2, 0.25) is 0 Å². The highest BCUT2D eigenvalue weighted by Gasteiger charge is 2.39. The van der Waals surface area contributed by atoms with Gasteiger partial charge in [0.15, 0.2) is 0 Å². The van der Waals surface area contributed by atoms with Crippen molar-refractivity contribution < 1.29 is 35.9 Å². The lowest BCUT2D eigenvalue weighted by Crippen LogP contribution is -2.15. The zero-order valence-corrected chi connectivity index (χ0v) is 19.5. The molecule has 0 fully saturated rings. The molecule has 4 rings (SSSR count). The second-order valence-electron chi connectivity index (χ2n) is 7.38. The number of amides is 2. The summed E-state index contributed by atoms with van der Waals surface area (Å²) in [6, 6.07) is 11.3. The average Bonchev–Trinajstić information content (AvgIpc) is 3.52. The highest BCUT2D eigenvalue weighted by atomic mass is 32.1. The Kier molecular flexibility index (Phi) is 6.92. The summed E-state index contributed by atoms with van der Waals surface area (Å²) in [6.07, 6.45) is -10.0. The van der Waals surface area contributed by atoms with Crippen molar-refractivity contribution in [2.45, 2.75) is 12.4 Å². The van der Waals surface area contributed by atoms with Crippen molar-refractivity contribution in [1.29, 1.82) is 0 Å². The Labute approximate surface area is 208 Å². The number of nitrogens with one attached hydrogen (secondary N) is 2. The quantitative estimate of drug-likeness (QED) is 0.252. The second kappa shape index (κ2) is 9.78. The molecule has 4 aromatic rings. The summed E-state index contributed by atoms with van der Waals surface area (Å²) in [4.78, 5) is 25.0. The molecule has 0 aliphatic heterocycles. The van der Waals surface area contributed by atoms with E-state index in [4.69, 9.17) is 0 Å². The first-order chi connectivity index (χ1) is 16.9. The fourth-order valence-electron chi connectivity index (χ4n) is 3.38. The van der Waals surface area contributed by atoms with E-state index in [1.54, 1.807) is 22.9 Å². The van der Waals surface area contributed by atoms with Crippen LogP contribution in [-0.4, -0.2) is 11.8 Å². The Morgan fingerprint density at radius 2 is 1.00 bits per heavy atom. The van der Waals surface area contributed by atoms with Gasteiger partial charge < -0.3 is 10.6 Å². The Morgan fingerprint density at radius 1 is 0.611 bits per heavy atom. The van der Waals surface area contributed by atoms with Crippen molar-refractivity contribution in [3.63, 3.8) is 0 Å². The van der Waals surface area contributed by atoms with Crippen LogP contribution in [0.25, 0.3) is 11.1 Å². The van der Waals surface area contributed by atoms with Crippen molar-refractivity contribution in [2.24, 2.45) is 0 Å². The number of carbonyl (C=O) groups excluding carboxylic acids is 2. The lowest BCUT2D eigenvalue weighted by Gasteiger charge is -2.19. The van der Waals surface area contributed by atoms with Crippen molar-refractivity contribution in [2.75, 3.05) is 10.6 Å². The van der Waals surface area contributed by atoms with Crippen molar-refractivity contribution >= 4 is 45.9 Å². The second-order valence-corrected chi connectivity index (χ2v) is 9.27. The predicted octanol–water partition coefficient (Wildman–Crippen LogP) is 8.02. The largest absolute Gasteiger partial charge is 0.417 e. The molecule has 186 valence electrons. The Hall–Kier alpha value is -3.64. The molecule has 0 aliphatic rings. The smallest absolute Gasteiger partial charge is 0.321 e. The molecular formula is C24H14F6N2O2S2. The van der Waals surface area contributed by atoms with Crippen LogP contribution >= 0.6 is 22.7 Å². The van der Waals surface area contributed by atoms with Gasteiger partial charge in [-0.25, -0.2) is 0 Å². The van der Waals surface area contributed by atoms with Crippen molar-refractivity contribution in [1.82, 2.24) is 0 Å². The number of benzene rings is 2. The van der Waals surface area contributed by atoms with E-state index in [1.165, 1.54) is 12.1 Å². The highest BCUT2D eigenvalue weighted by molar-refractivity contribution is 7.12. The molecule has 2 aromatic carbocycles. The molecule has 0 atom stereocenters. The van der Waals surface area contributed by atoms with Gasteiger partial charge in [0.1, 0.15) is 0 Å². The van der Waals surface area contributed by atoms with Crippen LogP contribution in [0.15, 0.2) is 71.4 Å². The van der Waals surface area contributed by atoms with Gasteiger partial charge in [0.2, 0.25) is 0 Å². The molecular weight excluding hydrogens is 526 g/mol. The van der Waals surface area contributed by atoms with E-state index >= 15 is 0 Å². The van der Waals surface area contributed by atoms with Gasteiger partial charge in [-0.05, 0) is 58.3 Å². The third-order valence-corrected chi connectivity index (χ3v) is 6.68. The molecule has 2 aromatic heterocycles. The first-order valence-corrected chi connectivity index (χ1v) is 11.8. The maximum atomic E-state index is 13.9. The van der Waals surface area contributed by atoms with E-state index in [-0.39, 0.29) is 21.1 Å². The van der Waals surface area contributed by atoms with Crippen LogP contribution < -0.4 is 10.6 Å². The zero-order valence-electron chi connectivity index (χ0n) is 17.8. The topological polar surface area (TPSA) is 58.2 Å². The highest BCUT2D eigenvalue weighted by Crippen LogP contribution is 2.44. The van der Waals surface area contributed by atoms with E-state index in [2.05, 4.69) is 10.6 Å². The van der Waals surface area contributed by atoms with Crippen LogP contribution in [0.3, 0.4) is 0 Å². The molecule has 4 nitrogen and oxygen atoms in total. The van der Waals surface area contributed by atoms with Crippen LogP contribution in [0, 0.1) is 0 Å². The normalized spacial score (nSPS) is 11.8. The van der Waals surface area contributed by atoms with E-state index in [0.717, 1.165) is 46.9 Å². The van der Waals surface area contributed by atoms with Crippen LogP contribution in [0.1, 0.15) is 30.5 Å².